The highest BCUT2D eigenvalue weighted by Gasteiger charge is 2.45. The molecule has 0 aromatic rings. The van der Waals surface area contributed by atoms with Crippen LogP contribution in [-0.4, -0.2) is 38.4 Å². The Hall–Kier alpha value is -0.610. The van der Waals surface area contributed by atoms with Gasteiger partial charge in [-0.25, -0.2) is 0 Å². The Balaban J connectivity index is 1.80. The largest absolute Gasteiger partial charge is 0.468 e. The van der Waals surface area contributed by atoms with E-state index < -0.39 is 5.54 Å². The Bertz CT molecular complexity index is 289. The molecule has 0 aliphatic heterocycles. The van der Waals surface area contributed by atoms with Crippen molar-refractivity contribution in [1.29, 1.82) is 0 Å². The van der Waals surface area contributed by atoms with Crippen molar-refractivity contribution in [2.45, 2.75) is 56.6 Å². The summed E-state index contributed by atoms with van der Waals surface area (Å²) < 4.78 is 10.9. The van der Waals surface area contributed by atoms with E-state index in [1.54, 1.807) is 0 Å². The van der Waals surface area contributed by atoms with Gasteiger partial charge in [-0.05, 0) is 38.6 Å². The smallest absolute Gasteiger partial charge is 0.326 e. The minimum absolute atomic E-state index is 0.156. The molecule has 2 atom stereocenters. The van der Waals surface area contributed by atoms with Gasteiger partial charge in [0.1, 0.15) is 5.54 Å². The molecule has 18 heavy (non-hydrogen) atoms. The van der Waals surface area contributed by atoms with E-state index >= 15 is 0 Å². The summed E-state index contributed by atoms with van der Waals surface area (Å²) in [6.45, 7) is 0.867. The van der Waals surface area contributed by atoms with Gasteiger partial charge in [-0.1, -0.05) is 12.8 Å². The van der Waals surface area contributed by atoms with Crippen LogP contribution in [0.1, 0.15) is 44.9 Å². The van der Waals surface area contributed by atoms with Crippen LogP contribution in [0, 0.1) is 5.92 Å². The SMILES string of the molecule is CNC1(C(=O)OC)CCC(OCC2CCCC2)C1. The number of carbonyl (C=O) groups is 1. The average Bonchev–Trinajstić information content (AvgIpc) is 3.05. The lowest BCUT2D eigenvalue weighted by molar-refractivity contribution is -0.148. The molecule has 0 saturated heterocycles. The molecule has 2 saturated carbocycles. The maximum atomic E-state index is 11.8. The molecule has 2 rings (SSSR count). The number of ether oxygens (including phenoxy) is 2. The maximum absolute atomic E-state index is 11.8. The van der Waals surface area contributed by atoms with E-state index in [9.17, 15) is 4.79 Å². The van der Waals surface area contributed by atoms with E-state index in [-0.39, 0.29) is 12.1 Å². The van der Waals surface area contributed by atoms with Crippen molar-refractivity contribution in [3.05, 3.63) is 0 Å². The van der Waals surface area contributed by atoms with E-state index in [4.69, 9.17) is 9.47 Å². The third-order valence-corrected chi connectivity index (χ3v) is 4.57. The Kier molecular flexibility index (Phi) is 4.62. The van der Waals surface area contributed by atoms with Gasteiger partial charge >= 0.3 is 5.97 Å². The lowest BCUT2D eigenvalue weighted by Crippen LogP contribution is -2.49. The van der Waals surface area contributed by atoms with Crippen molar-refractivity contribution < 1.29 is 14.3 Å². The first-order valence-corrected chi connectivity index (χ1v) is 7.09. The molecule has 0 aromatic heterocycles. The lowest BCUT2D eigenvalue weighted by Gasteiger charge is -2.25. The van der Waals surface area contributed by atoms with Crippen LogP contribution >= 0.6 is 0 Å². The zero-order valence-corrected chi connectivity index (χ0v) is 11.5. The molecule has 0 spiro atoms. The zero-order chi connectivity index (χ0) is 13.0. The van der Waals surface area contributed by atoms with Gasteiger partial charge in [0.15, 0.2) is 0 Å². The van der Waals surface area contributed by atoms with Gasteiger partial charge in [0.2, 0.25) is 0 Å². The fraction of sp³-hybridized carbons (Fsp3) is 0.929. The van der Waals surface area contributed by atoms with E-state index in [2.05, 4.69) is 5.32 Å². The van der Waals surface area contributed by atoms with Crippen LogP contribution in [0.25, 0.3) is 0 Å². The zero-order valence-electron chi connectivity index (χ0n) is 11.5. The van der Waals surface area contributed by atoms with Crippen molar-refractivity contribution in [2.24, 2.45) is 5.92 Å². The van der Waals surface area contributed by atoms with Crippen LogP contribution in [0.5, 0.6) is 0 Å². The second kappa shape index (κ2) is 6.02. The summed E-state index contributed by atoms with van der Waals surface area (Å²) >= 11 is 0. The molecule has 0 heterocycles. The number of hydrogen-bond acceptors (Lipinski definition) is 4. The molecule has 0 radical (unpaired) electrons. The van der Waals surface area contributed by atoms with Crippen LogP contribution < -0.4 is 5.32 Å². The third-order valence-electron chi connectivity index (χ3n) is 4.57. The van der Waals surface area contributed by atoms with E-state index in [0.29, 0.717) is 0 Å². The van der Waals surface area contributed by atoms with Crippen LogP contribution in [0.3, 0.4) is 0 Å². The minimum atomic E-state index is -0.519. The fourth-order valence-corrected chi connectivity index (χ4v) is 3.30. The number of esters is 1. The Morgan fingerprint density at radius 3 is 2.67 bits per heavy atom. The highest BCUT2D eigenvalue weighted by Crippen LogP contribution is 2.34. The molecule has 4 nitrogen and oxygen atoms in total. The monoisotopic (exact) mass is 255 g/mol. The van der Waals surface area contributed by atoms with Gasteiger partial charge in [-0.2, -0.15) is 0 Å². The van der Waals surface area contributed by atoms with Gasteiger partial charge in [-0.15, -0.1) is 0 Å². The number of likely N-dealkylation sites (N-methyl/N-ethyl adjacent to an activating group) is 1. The molecule has 1 N–H and O–H groups in total. The predicted molar refractivity (Wildman–Crippen MR) is 69.4 cm³/mol. The van der Waals surface area contributed by atoms with Crippen LogP contribution in [0.2, 0.25) is 0 Å². The number of rotatable bonds is 5. The first kappa shape index (κ1) is 13.8. The predicted octanol–water partition coefficient (Wildman–Crippen LogP) is 1.88. The van der Waals surface area contributed by atoms with E-state index in [0.717, 1.165) is 31.8 Å². The molecule has 2 fully saturated rings. The Labute approximate surface area is 109 Å². The van der Waals surface area contributed by atoms with Crippen molar-refractivity contribution in [1.82, 2.24) is 5.32 Å². The lowest BCUT2D eigenvalue weighted by atomic mass is 9.98. The molecule has 0 amide bonds. The normalized spacial score (nSPS) is 32.9. The second-order valence-corrected chi connectivity index (χ2v) is 5.67. The van der Waals surface area contributed by atoms with Crippen molar-refractivity contribution in [2.75, 3.05) is 20.8 Å². The van der Waals surface area contributed by atoms with Gasteiger partial charge in [0.05, 0.1) is 13.2 Å². The van der Waals surface area contributed by atoms with E-state index in [1.807, 2.05) is 7.05 Å². The molecule has 0 bridgehead atoms. The number of carbonyl (C=O) groups excluding carboxylic acids is 1. The van der Waals surface area contributed by atoms with Crippen molar-refractivity contribution >= 4 is 5.97 Å². The summed E-state index contributed by atoms with van der Waals surface area (Å²) in [5.74, 6) is 0.588. The molecule has 2 unspecified atom stereocenters. The summed E-state index contributed by atoms with van der Waals surface area (Å²) in [5, 5.41) is 3.13. The summed E-state index contributed by atoms with van der Waals surface area (Å²) in [5.41, 5.74) is -0.519. The number of nitrogens with one attached hydrogen (secondary N) is 1. The second-order valence-electron chi connectivity index (χ2n) is 5.67. The Morgan fingerprint density at radius 2 is 2.06 bits per heavy atom. The molecular weight excluding hydrogens is 230 g/mol. The molecule has 104 valence electrons. The summed E-state index contributed by atoms with van der Waals surface area (Å²) in [6, 6.07) is 0. The van der Waals surface area contributed by atoms with Gasteiger partial charge in [-0.3, -0.25) is 4.79 Å². The quantitative estimate of drug-likeness (QED) is 0.762. The highest BCUT2D eigenvalue weighted by molar-refractivity contribution is 5.81. The summed E-state index contributed by atoms with van der Waals surface area (Å²) in [4.78, 5) is 11.8. The fourth-order valence-electron chi connectivity index (χ4n) is 3.30. The van der Waals surface area contributed by atoms with Crippen LogP contribution in [0.15, 0.2) is 0 Å². The summed E-state index contributed by atoms with van der Waals surface area (Å²) in [6.07, 6.45) is 8.01. The van der Waals surface area contributed by atoms with Crippen LogP contribution in [-0.2, 0) is 14.3 Å². The van der Waals surface area contributed by atoms with Crippen molar-refractivity contribution in [3.63, 3.8) is 0 Å². The van der Waals surface area contributed by atoms with Gasteiger partial charge in [0, 0.05) is 13.0 Å². The minimum Gasteiger partial charge on any atom is -0.468 e. The maximum Gasteiger partial charge on any atom is 0.326 e. The number of hydrogen-bond donors (Lipinski definition) is 1. The first-order valence-electron chi connectivity index (χ1n) is 7.09. The molecule has 0 aromatic carbocycles. The summed E-state index contributed by atoms with van der Waals surface area (Å²) in [7, 11) is 3.28. The number of methoxy groups -OCH3 is 1. The highest BCUT2D eigenvalue weighted by atomic mass is 16.5. The topological polar surface area (TPSA) is 47.6 Å². The van der Waals surface area contributed by atoms with Gasteiger partial charge in [0.25, 0.3) is 0 Å². The first-order chi connectivity index (χ1) is 8.70. The third kappa shape index (κ3) is 2.86. The van der Waals surface area contributed by atoms with Crippen LogP contribution in [0.4, 0.5) is 0 Å². The standard InChI is InChI=1S/C14H25NO3/c1-15-14(13(16)17-2)8-7-12(9-14)18-10-11-5-3-4-6-11/h11-12,15H,3-10H2,1-2H3. The molecule has 2 aliphatic rings. The molecule has 2 aliphatic carbocycles. The van der Waals surface area contributed by atoms with Gasteiger partial charge < -0.3 is 14.8 Å². The van der Waals surface area contributed by atoms with E-state index in [1.165, 1.54) is 32.8 Å². The Morgan fingerprint density at radius 1 is 1.33 bits per heavy atom. The molecule has 4 heteroatoms. The van der Waals surface area contributed by atoms with Crippen molar-refractivity contribution in [3.8, 4) is 0 Å². The average molecular weight is 255 g/mol. The molecular formula is C14H25NO3.